The number of piperidine rings is 1. The Hall–Kier alpha value is -2.20. The molecule has 10 heteroatoms. The molecule has 1 saturated heterocycles. The first-order valence-corrected chi connectivity index (χ1v) is 9.31. The second-order valence-corrected chi connectivity index (χ2v) is 7.76. The molecule has 2 aromatic rings. The largest absolute Gasteiger partial charge is 0.473 e. The molecule has 0 N–H and O–H groups in total. The lowest BCUT2D eigenvalue weighted by atomic mass is 10.1. The predicted molar refractivity (Wildman–Crippen MR) is 85.9 cm³/mol. The van der Waals surface area contributed by atoms with Gasteiger partial charge < -0.3 is 4.74 Å². The molecule has 1 aromatic heterocycles. The molecular formula is C16H16F3N3O3S. The Kier molecular flexibility index (Phi) is 5.15. The molecule has 1 aromatic carbocycles. The lowest BCUT2D eigenvalue weighted by Gasteiger charge is -2.31. The molecule has 3 rings (SSSR count). The Morgan fingerprint density at radius 1 is 1.23 bits per heavy atom. The Bertz CT molecular complexity index is 860. The van der Waals surface area contributed by atoms with Crippen LogP contribution in [0.5, 0.6) is 5.88 Å². The Morgan fingerprint density at radius 3 is 2.73 bits per heavy atom. The molecule has 0 radical (unpaired) electrons. The zero-order valence-corrected chi connectivity index (χ0v) is 14.4. The Labute approximate surface area is 148 Å². The Morgan fingerprint density at radius 2 is 2.04 bits per heavy atom. The van der Waals surface area contributed by atoms with E-state index in [9.17, 15) is 21.6 Å². The van der Waals surface area contributed by atoms with Gasteiger partial charge in [-0.3, -0.25) is 0 Å². The molecular weight excluding hydrogens is 371 g/mol. The zero-order valence-electron chi connectivity index (χ0n) is 13.6. The lowest BCUT2D eigenvalue weighted by Crippen LogP contribution is -2.44. The predicted octanol–water partition coefficient (Wildman–Crippen LogP) is 2.73. The minimum atomic E-state index is -4.61. The summed E-state index contributed by atoms with van der Waals surface area (Å²) in [6, 6.07) is 5.31. The fourth-order valence-electron chi connectivity index (χ4n) is 2.72. The van der Waals surface area contributed by atoms with Crippen molar-refractivity contribution in [2.75, 3.05) is 13.1 Å². The zero-order chi connectivity index (χ0) is 18.8. The molecule has 0 spiro atoms. The van der Waals surface area contributed by atoms with Gasteiger partial charge in [0.2, 0.25) is 15.9 Å². The third-order valence-electron chi connectivity index (χ3n) is 3.98. The van der Waals surface area contributed by atoms with Crippen molar-refractivity contribution in [1.82, 2.24) is 14.3 Å². The van der Waals surface area contributed by atoms with Crippen molar-refractivity contribution >= 4 is 10.0 Å². The normalized spacial score (nSPS) is 19.3. The molecule has 1 aliphatic rings. The third-order valence-corrected chi connectivity index (χ3v) is 5.84. The van der Waals surface area contributed by atoms with Crippen LogP contribution in [0.2, 0.25) is 0 Å². The van der Waals surface area contributed by atoms with Crippen molar-refractivity contribution in [3.05, 3.63) is 48.4 Å². The average molecular weight is 387 g/mol. The molecule has 1 atom stereocenters. The van der Waals surface area contributed by atoms with E-state index in [0.717, 1.165) is 16.4 Å². The first-order valence-electron chi connectivity index (χ1n) is 7.87. The summed E-state index contributed by atoms with van der Waals surface area (Å²) in [5, 5.41) is 0. The highest BCUT2D eigenvalue weighted by atomic mass is 32.2. The number of halogens is 3. The number of ether oxygens (including phenoxy) is 1. The van der Waals surface area contributed by atoms with Gasteiger partial charge in [-0.05, 0) is 31.0 Å². The fraction of sp³-hybridized carbons (Fsp3) is 0.375. The first-order chi connectivity index (χ1) is 12.3. The SMILES string of the molecule is O=S(=O)(c1cccc(C(F)(F)F)c1)N1CCC[C@H](Oc2ccncn2)C1. The number of benzene rings is 1. The van der Waals surface area contributed by atoms with E-state index in [1.54, 1.807) is 6.07 Å². The molecule has 2 heterocycles. The number of rotatable bonds is 4. The monoisotopic (exact) mass is 387 g/mol. The summed E-state index contributed by atoms with van der Waals surface area (Å²) in [7, 11) is -4.05. The van der Waals surface area contributed by atoms with Crippen molar-refractivity contribution in [3.63, 3.8) is 0 Å². The molecule has 6 nitrogen and oxygen atoms in total. The van der Waals surface area contributed by atoms with Crippen LogP contribution >= 0.6 is 0 Å². The van der Waals surface area contributed by atoms with Crippen LogP contribution in [0.15, 0.2) is 47.8 Å². The van der Waals surface area contributed by atoms with E-state index in [1.165, 1.54) is 18.6 Å². The summed E-state index contributed by atoms with van der Waals surface area (Å²) in [4.78, 5) is 7.32. The van der Waals surface area contributed by atoms with E-state index in [0.29, 0.717) is 24.8 Å². The van der Waals surface area contributed by atoms with Crippen LogP contribution in [0.25, 0.3) is 0 Å². The standard InChI is InChI=1S/C16H16F3N3O3S/c17-16(18,19)12-3-1-5-14(9-12)26(23,24)22-8-2-4-13(10-22)25-15-6-7-20-11-21-15/h1,3,5-7,9,11,13H,2,4,8,10H2/t13-/m0/s1. The van der Waals surface area contributed by atoms with Gasteiger partial charge in [-0.1, -0.05) is 6.07 Å². The lowest BCUT2D eigenvalue weighted by molar-refractivity contribution is -0.137. The van der Waals surface area contributed by atoms with E-state index in [4.69, 9.17) is 4.74 Å². The van der Waals surface area contributed by atoms with Crippen molar-refractivity contribution in [3.8, 4) is 5.88 Å². The smallest absolute Gasteiger partial charge is 0.416 e. The van der Waals surface area contributed by atoms with Gasteiger partial charge in [0.1, 0.15) is 12.4 Å². The number of sulfonamides is 1. The van der Waals surface area contributed by atoms with Crippen LogP contribution < -0.4 is 4.74 Å². The number of aromatic nitrogens is 2. The summed E-state index contributed by atoms with van der Waals surface area (Å²) >= 11 is 0. The topological polar surface area (TPSA) is 72.4 Å². The Balaban J connectivity index is 1.79. The maximum absolute atomic E-state index is 12.9. The van der Waals surface area contributed by atoms with E-state index in [1.807, 2.05) is 0 Å². The molecule has 0 bridgehead atoms. The summed E-state index contributed by atoms with van der Waals surface area (Å²) in [6.07, 6.45) is -1.06. The number of alkyl halides is 3. The summed E-state index contributed by atoms with van der Waals surface area (Å²) in [5.41, 5.74) is -0.996. The van der Waals surface area contributed by atoms with Gasteiger partial charge in [0.05, 0.1) is 17.0 Å². The van der Waals surface area contributed by atoms with E-state index in [-0.39, 0.29) is 18.0 Å². The van der Waals surface area contributed by atoms with E-state index in [2.05, 4.69) is 9.97 Å². The number of hydrogen-bond acceptors (Lipinski definition) is 5. The summed E-state index contributed by atoms with van der Waals surface area (Å²) in [6.45, 7) is 0.269. The van der Waals surface area contributed by atoms with Crippen LogP contribution in [-0.4, -0.2) is 41.9 Å². The molecule has 0 saturated carbocycles. The van der Waals surface area contributed by atoms with Gasteiger partial charge in [-0.2, -0.15) is 17.5 Å². The molecule has 0 amide bonds. The minimum absolute atomic E-state index is 0.0442. The maximum Gasteiger partial charge on any atom is 0.416 e. The van der Waals surface area contributed by atoms with Crippen molar-refractivity contribution in [1.29, 1.82) is 0 Å². The molecule has 140 valence electrons. The second-order valence-electron chi connectivity index (χ2n) is 5.82. The van der Waals surface area contributed by atoms with Crippen LogP contribution in [0.4, 0.5) is 13.2 Å². The molecule has 1 aliphatic heterocycles. The minimum Gasteiger partial charge on any atom is -0.473 e. The van der Waals surface area contributed by atoms with Gasteiger partial charge >= 0.3 is 6.18 Å². The quantitative estimate of drug-likeness (QED) is 0.807. The highest BCUT2D eigenvalue weighted by Crippen LogP contribution is 2.31. The molecule has 26 heavy (non-hydrogen) atoms. The maximum atomic E-state index is 12.9. The first kappa shape index (κ1) is 18.6. The van der Waals surface area contributed by atoms with Crippen molar-refractivity contribution < 1.29 is 26.3 Å². The van der Waals surface area contributed by atoms with Gasteiger partial charge in [-0.25, -0.2) is 18.4 Å². The summed E-state index contributed by atoms with van der Waals surface area (Å²) < 4.78 is 70.9. The van der Waals surface area contributed by atoms with Crippen molar-refractivity contribution in [2.45, 2.75) is 30.0 Å². The second kappa shape index (κ2) is 7.20. The third kappa shape index (κ3) is 4.13. The van der Waals surface area contributed by atoms with Gasteiger partial charge in [0.15, 0.2) is 0 Å². The van der Waals surface area contributed by atoms with Crippen molar-refractivity contribution in [2.24, 2.45) is 0 Å². The van der Waals surface area contributed by atoms with E-state index >= 15 is 0 Å². The van der Waals surface area contributed by atoms with Gasteiger partial charge in [0.25, 0.3) is 0 Å². The van der Waals surface area contributed by atoms with E-state index < -0.39 is 27.9 Å². The average Bonchev–Trinajstić information content (AvgIpc) is 2.62. The fourth-order valence-corrected chi connectivity index (χ4v) is 4.28. The van der Waals surface area contributed by atoms with Gasteiger partial charge in [-0.15, -0.1) is 0 Å². The van der Waals surface area contributed by atoms with Gasteiger partial charge in [0, 0.05) is 18.8 Å². The number of nitrogens with zero attached hydrogens (tertiary/aromatic N) is 3. The highest BCUT2D eigenvalue weighted by Gasteiger charge is 2.35. The van der Waals surface area contributed by atoms with Crippen LogP contribution in [0, 0.1) is 0 Å². The molecule has 0 unspecified atom stereocenters. The van der Waals surface area contributed by atoms with Crippen LogP contribution in [0.3, 0.4) is 0 Å². The highest BCUT2D eigenvalue weighted by molar-refractivity contribution is 7.89. The molecule has 1 fully saturated rings. The molecule has 0 aliphatic carbocycles. The number of hydrogen-bond donors (Lipinski definition) is 0. The summed E-state index contributed by atoms with van der Waals surface area (Å²) in [5.74, 6) is 0.323. The van der Waals surface area contributed by atoms with Crippen LogP contribution in [-0.2, 0) is 16.2 Å². The van der Waals surface area contributed by atoms with Crippen LogP contribution in [0.1, 0.15) is 18.4 Å².